The zero-order chi connectivity index (χ0) is 18.5. The third kappa shape index (κ3) is 4.20. The first-order chi connectivity index (χ1) is 13.3. The first-order valence-electron chi connectivity index (χ1n) is 8.85. The summed E-state index contributed by atoms with van der Waals surface area (Å²) in [6.07, 6.45) is 9.12. The maximum absolute atomic E-state index is 12.0. The Morgan fingerprint density at radius 1 is 1.19 bits per heavy atom. The summed E-state index contributed by atoms with van der Waals surface area (Å²) in [6.45, 7) is 0.465. The van der Waals surface area contributed by atoms with Crippen molar-refractivity contribution in [3.8, 4) is 17.0 Å². The van der Waals surface area contributed by atoms with Gasteiger partial charge in [0.1, 0.15) is 11.9 Å². The predicted molar refractivity (Wildman–Crippen MR) is 104 cm³/mol. The van der Waals surface area contributed by atoms with Crippen molar-refractivity contribution >= 4 is 12.0 Å². The predicted octanol–water partition coefficient (Wildman–Crippen LogP) is 3.28. The third-order valence-electron chi connectivity index (χ3n) is 4.39. The number of fused-ring (bicyclic) bond motifs is 1. The zero-order valence-corrected chi connectivity index (χ0v) is 14.7. The van der Waals surface area contributed by atoms with E-state index in [1.165, 1.54) is 0 Å². The average molecular weight is 357 g/mol. The molecule has 1 aliphatic rings. The lowest BCUT2D eigenvalue weighted by atomic mass is 10.0. The summed E-state index contributed by atoms with van der Waals surface area (Å²) in [5.74, 6) is 0.736. The highest BCUT2D eigenvalue weighted by molar-refractivity contribution is 5.91. The van der Waals surface area contributed by atoms with Crippen LogP contribution in [0.5, 0.6) is 5.75 Å². The molecule has 0 aliphatic carbocycles. The molecule has 2 heterocycles. The normalized spacial score (nSPS) is 15.3. The molecule has 134 valence electrons. The lowest BCUT2D eigenvalue weighted by Crippen LogP contribution is -2.33. The average Bonchev–Trinajstić information content (AvgIpc) is 3.14. The topological polar surface area (TPSA) is 64.1 Å². The number of carbonyl (C=O) groups is 1. The molecule has 1 aliphatic heterocycles. The first-order valence-corrected chi connectivity index (χ1v) is 8.85. The minimum absolute atomic E-state index is 0.0637. The van der Waals surface area contributed by atoms with Crippen LogP contribution in [-0.4, -0.2) is 28.5 Å². The van der Waals surface area contributed by atoms with Gasteiger partial charge in [-0.25, -0.2) is 0 Å². The summed E-state index contributed by atoms with van der Waals surface area (Å²) >= 11 is 0. The standard InChI is InChI=1S/C22H19N3O2/c26-22(9-6-16-4-2-1-3-5-16)25-14-19-13-18-12-17(7-8-21(18)27-19)20-15-23-10-11-24-20/h1-12,15,19H,13-14H2,(H,25,26)/b9-6+/t19-/m0/s1. The molecular weight excluding hydrogens is 338 g/mol. The van der Waals surface area contributed by atoms with Gasteiger partial charge in [0.05, 0.1) is 18.4 Å². The Labute approximate surface area is 157 Å². The number of benzene rings is 2. The Morgan fingerprint density at radius 3 is 2.89 bits per heavy atom. The van der Waals surface area contributed by atoms with Crippen LogP contribution in [0.4, 0.5) is 0 Å². The second-order valence-corrected chi connectivity index (χ2v) is 6.35. The second kappa shape index (κ2) is 7.83. The van der Waals surface area contributed by atoms with E-state index in [4.69, 9.17) is 4.74 Å². The number of aromatic nitrogens is 2. The fraction of sp³-hybridized carbons (Fsp3) is 0.136. The van der Waals surface area contributed by atoms with E-state index < -0.39 is 0 Å². The van der Waals surface area contributed by atoms with Gasteiger partial charge in [-0.1, -0.05) is 30.3 Å². The van der Waals surface area contributed by atoms with Crippen LogP contribution in [0, 0.1) is 0 Å². The van der Waals surface area contributed by atoms with Crippen LogP contribution in [0.1, 0.15) is 11.1 Å². The summed E-state index contributed by atoms with van der Waals surface area (Å²) in [6, 6.07) is 15.7. The van der Waals surface area contributed by atoms with E-state index in [1.54, 1.807) is 30.7 Å². The monoisotopic (exact) mass is 357 g/mol. The molecule has 0 bridgehead atoms. The molecule has 0 radical (unpaired) electrons. The maximum Gasteiger partial charge on any atom is 0.244 e. The van der Waals surface area contributed by atoms with Gasteiger partial charge >= 0.3 is 0 Å². The Kier molecular flexibility index (Phi) is 4.92. The van der Waals surface area contributed by atoms with Crippen LogP contribution in [0.2, 0.25) is 0 Å². The number of hydrogen-bond donors (Lipinski definition) is 1. The number of ether oxygens (including phenoxy) is 1. The minimum Gasteiger partial charge on any atom is -0.488 e. The molecule has 1 atom stereocenters. The quantitative estimate of drug-likeness (QED) is 0.712. The van der Waals surface area contributed by atoms with Crippen LogP contribution in [0.15, 0.2) is 73.2 Å². The van der Waals surface area contributed by atoms with Gasteiger partial charge in [-0.05, 0) is 35.4 Å². The summed E-state index contributed by atoms with van der Waals surface area (Å²) < 4.78 is 5.94. The van der Waals surface area contributed by atoms with E-state index >= 15 is 0 Å². The summed E-state index contributed by atoms with van der Waals surface area (Å²) in [7, 11) is 0. The summed E-state index contributed by atoms with van der Waals surface area (Å²) in [5.41, 5.74) is 3.97. The largest absolute Gasteiger partial charge is 0.488 e. The van der Waals surface area contributed by atoms with Crippen molar-refractivity contribution in [1.29, 1.82) is 0 Å². The van der Waals surface area contributed by atoms with Crippen molar-refractivity contribution in [2.75, 3.05) is 6.54 Å². The molecule has 4 rings (SSSR count). The van der Waals surface area contributed by atoms with Crippen molar-refractivity contribution in [1.82, 2.24) is 15.3 Å². The molecule has 2 aromatic carbocycles. The fourth-order valence-electron chi connectivity index (χ4n) is 3.05. The number of nitrogens with one attached hydrogen (secondary N) is 1. The lowest BCUT2D eigenvalue weighted by molar-refractivity contribution is -0.116. The first kappa shape index (κ1) is 17.0. The molecule has 27 heavy (non-hydrogen) atoms. The molecule has 0 fully saturated rings. The highest BCUT2D eigenvalue weighted by atomic mass is 16.5. The van der Waals surface area contributed by atoms with Gasteiger partial charge in [0.2, 0.25) is 5.91 Å². The molecule has 0 spiro atoms. The van der Waals surface area contributed by atoms with E-state index in [1.807, 2.05) is 42.5 Å². The van der Waals surface area contributed by atoms with E-state index in [0.717, 1.165) is 34.6 Å². The van der Waals surface area contributed by atoms with Gasteiger partial charge in [-0.3, -0.25) is 14.8 Å². The Hall–Kier alpha value is -3.47. The fourth-order valence-corrected chi connectivity index (χ4v) is 3.05. The highest BCUT2D eigenvalue weighted by Crippen LogP contribution is 2.32. The van der Waals surface area contributed by atoms with E-state index in [-0.39, 0.29) is 12.0 Å². The molecule has 3 aromatic rings. The van der Waals surface area contributed by atoms with E-state index in [2.05, 4.69) is 21.4 Å². The van der Waals surface area contributed by atoms with Crippen LogP contribution < -0.4 is 10.1 Å². The van der Waals surface area contributed by atoms with E-state index in [9.17, 15) is 4.79 Å². The maximum atomic E-state index is 12.0. The zero-order valence-electron chi connectivity index (χ0n) is 14.7. The molecule has 1 amide bonds. The lowest BCUT2D eigenvalue weighted by Gasteiger charge is -2.10. The minimum atomic E-state index is -0.126. The van der Waals surface area contributed by atoms with Crippen molar-refractivity contribution < 1.29 is 9.53 Å². The van der Waals surface area contributed by atoms with Crippen molar-refractivity contribution in [2.24, 2.45) is 0 Å². The van der Waals surface area contributed by atoms with Gasteiger partial charge in [0, 0.05) is 30.5 Å². The molecule has 0 unspecified atom stereocenters. The number of rotatable bonds is 5. The van der Waals surface area contributed by atoms with Crippen LogP contribution in [0.25, 0.3) is 17.3 Å². The molecule has 0 saturated carbocycles. The van der Waals surface area contributed by atoms with Crippen LogP contribution >= 0.6 is 0 Å². The van der Waals surface area contributed by atoms with Gasteiger partial charge in [0.15, 0.2) is 0 Å². The second-order valence-electron chi connectivity index (χ2n) is 6.35. The number of amides is 1. The molecule has 0 saturated heterocycles. The van der Waals surface area contributed by atoms with Crippen LogP contribution in [0.3, 0.4) is 0 Å². The van der Waals surface area contributed by atoms with Crippen molar-refractivity contribution in [3.05, 3.63) is 84.3 Å². The van der Waals surface area contributed by atoms with Crippen LogP contribution in [-0.2, 0) is 11.2 Å². The van der Waals surface area contributed by atoms with E-state index in [0.29, 0.717) is 6.54 Å². The SMILES string of the molecule is O=C(/C=C/c1ccccc1)NC[C@@H]1Cc2cc(-c3cnccn3)ccc2O1. The molecular formula is C22H19N3O2. The van der Waals surface area contributed by atoms with Gasteiger partial charge in [-0.15, -0.1) is 0 Å². The Balaban J connectivity index is 1.33. The number of carbonyl (C=O) groups excluding carboxylic acids is 1. The summed E-state index contributed by atoms with van der Waals surface area (Å²) in [4.78, 5) is 20.5. The highest BCUT2D eigenvalue weighted by Gasteiger charge is 2.23. The van der Waals surface area contributed by atoms with Gasteiger partial charge < -0.3 is 10.1 Å². The van der Waals surface area contributed by atoms with Crippen molar-refractivity contribution in [3.63, 3.8) is 0 Å². The smallest absolute Gasteiger partial charge is 0.244 e. The Morgan fingerprint density at radius 2 is 2.07 bits per heavy atom. The summed E-state index contributed by atoms with van der Waals surface area (Å²) in [5, 5.41) is 2.90. The molecule has 5 heteroatoms. The van der Waals surface area contributed by atoms with Gasteiger partial charge in [-0.2, -0.15) is 0 Å². The molecule has 1 N–H and O–H groups in total. The van der Waals surface area contributed by atoms with Crippen molar-refractivity contribution in [2.45, 2.75) is 12.5 Å². The molecule has 1 aromatic heterocycles. The number of hydrogen-bond acceptors (Lipinski definition) is 4. The number of nitrogens with zero attached hydrogens (tertiary/aromatic N) is 2. The third-order valence-corrected chi connectivity index (χ3v) is 4.39. The van der Waals surface area contributed by atoms with Gasteiger partial charge in [0.25, 0.3) is 0 Å². The Bertz CT molecular complexity index is 956. The molecule has 5 nitrogen and oxygen atoms in total.